The van der Waals surface area contributed by atoms with E-state index in [1.807, 2.05) is 24.3 Å². The van der Waals surface area contributed by atoms with E-state index in [0.717, 1.165) is 40.2 Å². The first kappa shape index (κ1) is 18.5. The van der Waals surface area contributed by atoms with Crippen LogP contribution in [0.15, 0.2) is 28.6 Å². The molecule has 0 saturated heterocycles. The van der Waals surface area contributed by atoms with Crippen LogP contribution in [0.5, 0.6) is 5.75 Å². The number of unbranched alkanes of at least 4 members (excludes halogenated alkanes) is 1. The third-order valence-electron chi connectivity index (χ3n) is 3.19. The molecule has 0 saturated carbocycles. The molecule has 0 unspecified atom stereocenters. The molecule has 1 heterocycles. The van der Waals surface area contributed by atoms with Gasteiger partial charge in [-0.3, -0.25) is 4.79 Å². The van der Waals surface area contributed by atoms with E-state index in [4.69, 9.17) is 4.74 Å². The normalized spacial score (nSPS) is 10.4. The fourth-order valence-electron chi connectivity index (χ4n) is 1.84. The Hall–Kier alpha value is -1.80. The van der Waals surface area contributed by atoms with Crippen molar-refractivity contribution in [3.8, 4) is 5.75 Å². The van der Waals surface area contributed by atoms with Crippen LogP contribution < -0.4 is 15.4 Å². The van der Waals surface area contributed by atoms with E-state index in [9.17, 15) is 4.79 Å². The summed E-state index contributed by atoms with van der Waals surface area (Å²) in [6.07, 6.45) is 2.09. The van der Waals surface area contributed by atoms with E-state index < -0.39 is 0 Å². The van der Waals surface area contributed by atoms with Crippen LogP contribution in [0.1, 0.15) is 25.3 Å². The monoisotopic (exact) mass is 366 g/mol. The maximum atomic E-state index is 11.7. The molecule has 0 radical (unpaired) electrons. The Morgan fingerprint density at radius 2 is 2.08 bits per heavy atom. The lowest BCUT2D eigenvalue weighted by Crippen LogP contribution is -2.25. The third kappa shape index (κ3) is 6.37. The zero-order valence-corrected chi connectivity index (χ0v) is 15.5. The summed E-state index contributed by atoms with van der Waals surface area (Å²) in [4.78, 5) is 11.7. The van der Waals surface area contributed by atoms with Gasteiger partial charge in [-0.15, -0.1) is 10.2 Å². The smallest absolute Gasteiger partial charge is 0.230 e. The number of aromatic nitrogens is 2. The van der Waals surface area contributed by atoms with E-state index in [1.165, 1.54) is 23.1 Å². The van der Waals surface area contributed by atoms with Gasteiger partial charge in [-0.1, -0.05) is 48.6 Å². The molecule has 0 aliphatic carbocycles. The van der Waals surface area contributed by atoms with E-state index in [2.05, 4.69) is 27.8 Å². The predicted octanol–water partition coefficient (Wildman–Crippen LogP) is 3.17. The predicted molar refractivity (Wildman–Crippen MR) is 98.9 cm³/mol. The van der Waals surface area contributed by atoms with E-state index in [0.29, 0.717) is 12.3 Å². The molecule has 24 heavy (non-hydrogen) atoms. The molecule has 0 fully saturated rings. The fraction of sp³-hybridized carbons (Fsp3) is 0.438. The summed E-state index contributed by atoms with van der Waals surface area (Å²) in [6, 6.07) is 7.86. The Labute approximate surface area is 150 Å². The van der Waals surface area contributed by atoms with Crippen LogP contribution in [-0.4, -0.2) is 35.5 Å². The maximum Gasteiger partial charge on any atom is 0.230 e. The minimum absolute atomic E-state index is 0.0383. The number of carbonyl (C=O) groups is 1. The number of hydrogen-bond acceptors (Lipinski definition) is 7. The molecule has 0 atom stereocenters. The van der Waals surface area contributed by atoms with E-state index in [-0.39, 0.29) is 5.91 Å². The Bertz CT molecular complexity index is 631. The third-order valence-corrected chi connectivity index (χ3v) is 5.20. The molecule has 1 aromatic heterocycles. The van der Waals surface area contributed by atoms with Gasteiger partial charge >= 0.3 is 0 Å². The molecule has 0 bridgehead atoms. The summed E-state index contributed by atoms with van der Waals surface area (Å²) in [5.74, 6) is 1.25. The highest BCUT2D eigenvalue weighted by Gasteiger charge is 2.08. The number of carbonyl (C=O) groups excluding carboxylic acids is 1. The number of ether oxygens (including phenoxy) is 1. The number of rotatable bonds is 10. The van der Waals surface area contributed by atoms with Crippen molar-refractivity contribution >= 4 is 34.1 Å². The highest BCUT2D eigenvalue weighted by molar-refractivity contribution is 8.01. The topological polar surface area (TPSA) is 76.1 Å². The zero-order valence-electron chi connectivity index (χ0n) is 13.9. The van der Waals surface area contributed by atoms with Gasteiger partial charge in [0.15, 0.2) is 4.34 Å². The largest absolute Gasteiger partial charge is 0.497 e. The van der Waals surface area contributed by atoms with Crippen LogP contribution >= 0.6 is 23.1 Å². The zero-order chi connectivity index (χ0) is 17.2. The van der Waals surface area contributed by atoms with E-state index >= 15 is 0 Å². The molecule has 0 aliphatic heterocycles. The molecule has 2 aromatic rings. The van der Waals surface area contributed by atoms with Gasteiger partial charge in [0.25, 0.3) is 0 Å². The Kier molecular flexibility index (Phi) is 7.84. The van der Waals surface area contributed by atoms with Gasteiger partial charge in [0.2, 0.25) is 11.0 Å². The summed E-state index contributed by atoms with van der Waals surface area (Å²) in [5, 5.41) is 15.1. The van der Waals surface area contributed by atoms with Gasteiger partial charge in [0.1, 0.15) is 5.75 Å². The number of amides is 1. The molecular weight excluding hydrogens is 344 g/mol. The standard InChI is InChI=1S/C16H22N4O2S2/c1-3-4-9-17-14(21)11-23-16-20-19-15(24-16)18-10-12-5-7-13(22-2)8-6-12/h5-8H,3-4,9-11H2,1-2H3,(H,17,21)(H,18,19). The molecule has 2 N–H and O–H groups in total. The summed E-state index contributed by atoms with van der Waals surface area (Å²) in [5.41, 5.74) is 1.13. The van der Waals surface area contributed by atoms with Crippen molar-refractivity contribution in [2.75, 3.05) is 24.7 Å². The summed E-state index contributed by atoms with van der Waals surface area (Å²) < 4.78 is 5.93. The summed E-state index contributed by atoms with van der Waals surface area (Å²) >= 11 is 2.87. The van der Waals surface area contributed by atoms with Gasteiger partial charge in [-0.05, 0) is 24.1 Å². The minimum atomic E-state index is 0.0383. The minimum Gasteiger partial charge on any atom is -0.497 e. The van der Waals surface area contributed by atoms with Gasteiger partial charge in [0, 0.05) is 13.1 Å². The quantitative estimate of drug-likeness (QED) is 0.497. The number of nitrogens with zero attached hydrogens (tertiary/aromatic N) is 2. The first-order chi connectivity index (χ1) is 11.7. The number of thioether (sulfide) groups is 1. The van der Waals surface area contributed by atoms with E-state index in [1.54, 1.807) is 7.11 Å². The fourth-order valence-corrected chi connectivity index (χ4v) is 3.42. The number of benzene rings is 1. The molecule has 0 spiro atoms. The Morgan fingerprint density at radius 1 is 1.29 bits per heavy atom. The van der Waals surface area contributed by atoms with Crippen LogP contribution in [0.3, 0.4) is 0 Å². The highest BCUT2D eigenvalue weighted by Crippen LogP contribution is 2.25. The molecule has 2 rings (SSSR count). The van der Waals surface area contributed by atoms with Crippen LogP contribution in [0.25, 0.3) is 0 Å². The van der Waals surface area contributed by atoms with Crippen LogP contribution in [0.4, 0.5) is 5.13 Å². The Morgan fingerprint density at radius 3 is 2.79 bits per heavy atom. The number of hydrogen-bond donors (Lipinski definition) is 2. The summed E-state index contributed by atoms with van der Waals surface area (Å²) in [6.45, 7) is 3.50. The van der Waals surface area contributed by atoms with Gasteiger partial charge in [0.05, 0.1) is 12.9 Å². The first-order valence-corrected chi connectivity index (χ1v) is 9.61. The van der Waals surface area contributed by atoms with Gasteiger partial charge in [-0.2, -0.15) is 0 Å². The van der Waals surface area contributed by atoms with Crippen molar-refractivity contribution in [1.29, 1.82) is 0 Å². The van der Waals surface area contributed by atoms with Gasteiger partial charge in [-0.25, -0.2) is 0 Å². The maximum absolute atomic E-state index is 11.7. The highest BCUT2D eigenvalue weighted by atomic mass is 32.2. The second-order valence-electron chi connectivity index (χ2n) is 5.07. The van der Waals surface area contributed by atoms with Crippen LogP contribution in [0, 0.1) is 0 Å². The van der Waals surface area contributed by atoms with Crippen molar-refractivity contribution in [3.63, 3.8) is 0 Å². The van der Waals surface area contributed by atoms with Crippen molar-refractivity contribution in [3.05, 3.63) is 29.8 Å². The molecular formula is C16H22N4O2S2. The molecule has 6 nitrogen and oxygen atoms in total. The summed E-state index contributed by atoms with van der Waals surface area (Å²) in [7, 11) is 1.65. The average molecular weight is 367 g/mol. The number of methoxy groups -OCH3 is 1. The molecule has 0 aliphatic rings. The number of anilines is 1. The van der Waals surface area contributed by atoms with Crippen molar-refractivity contribution < 1.29 is 9.53 Å². The molecule has 130 valence electrons. The second-order valence-corrected chi connectivity index (χ2v) is 7.27. The van der Waals surface area contributed by atoms with Gasteiger partial charge < -0.3 is 15.4 Å². The molecule has 1 aromatic carbocycles. The first-order valence-electron chi connectivity index (χ1n) is 7.81. The Balaban J connectivity index is 1.73. The molecule has 1 amide bonds. The van der Waals surface area contributed by atoms with Crippen LogP contribution in [0.2, 0.25) is 0 Å². The second kappa shape index (κ2) is 10.1. The lowest BCUT2D eigenvalue weighted by Gasteiger charge is -2.04. The SMILES string of the molecule is CCCCNC(=O)CSc1nnc(NCc2ccc(OC)cc2)s1. The van der Waals surface area contributed by atoms with Crippen molar-refractivity contribution in [1.82, 2.24) is 15.5 Å². The average Bonchev–Trinajstić information content (AvgIpc) is 3.07. The number of nitrogens with one attached hydrogen (secondary N) is 2. The lowest BCUT2D eigenvalue weighted by molar-refractivity contribution is -0.118. The van der Waals surface area contributed by atoms with Crippen molar-refractivity contribution in [2.45, 2.75) is 30.6 Å². The van der Waals surface area contributed by atoms with Crippen LogP contribution in [-0.2, 0) is 11.3 Å². The lowest BCUT2D eigenvalue weighted by atomic mass is 10.2. The molecule has 8 heteroatoms. The van der Waals surface area contributed by atoms with Crippen molar-refractivity contribution in [2.24, 2.45) is 0 Å².